The van der Waals surface area contributed by atoms with E-state index in [1.54, 1.807) is 51.1 Å². The maximum atomic E-state index is 13.3. The van der Waals surface area contributed by atoms with Crippen molar-refractivity contribution in [1.82, 2.24) is 0 Å². The van der Waals surface area contributed by atoms with Crippen LogP contribution in [0.2, 0.25) is 0 Å². The van der Waals surface area contributed by atoms with Crippen LogP contribution in [0, 0.1) is 5.41 Å². The molecule has 124 valence electrons. The van der Waals surface area contributed by atoms with Crippen molar-refractivity contribution in [3.63, 3.8) is 0 Å². The number of alkyl halides is 3. The highest BCUT2D eigenvalue weighted by molar-refractivity contribution is 8.03. The summed E-state index contributed by atoms with van der Waals surface area (Å²) >= 11 is 0.883. The highest BCUT2D eigenvalue weighted by atomic mass is 32.2. The summed E-state index contributed by atoms with van der Waals surface area (Å²) in [4.78, 5) is 0.398. The van der Waals surface area contributed by atoms with E-state index in [4.69, 9.17) is 4.74 Å². The molecule has 1 rings (SSSR count). The van der Waals surface area contributed by atoms with E-state index in [2.05, 4.69) is 0 Å². The first-order valence-electron chi connectivity index (χ1n) is 6.92. The summed E-state index contributed by atoms with van der Waals surface area (Å²) in [5.74, 6) is -1.12. The predicted molar refractivity (Wildman–Crippen MR) is 82.5 cm³/mol. The minimum absolute atomic E-state index is 0.120. The van der Waals surface area contributed by atoms with Crippen molar-refractivity contribution in [2.24, 2.45) is 5.41 Å². The molecule has 0 fully saturated rings. The van der Waals surface area contributed by atoms with Gasteiger partial charge in [0.2, 0.25) is 5.76 Å². The van der Waals surface area contributed by atoms with Crippen LogP contribution in [-0.4, -0.2) is 24.0 Å². The Morgan fingerprint density at radius 3 is 2.14 bits per heavy atom. The molecule has 0 bridgehead atoms. The lowest BCUT2D eigenvalue weighted by atomic mass is 9.88. The van der Waals surface area contributed by atoms with Gasteiger partial charge in [0.15, 0.2) is 0 Å². The van der Waals surface area contributed by atoms with Crippen LogP contribution in [0.1, 0.15) is 27.7 Å². The Bertz CT molecular complexity index is 504. The monoisotopic (exact) mass is 334 g/mol. The van der Waals surface area contributed by atoms with E-state index in [9.17, 15) is 18.3 Å². The second kappa shape index (κ2) is 7.42. The number of hydrogen-bond donors (Lipinski definition) is 1. The summed E-state index contributed by atoms with van der Waals surface area (Å²) in [5.41, 5.74) is -0.745. The molecule has 0 heterocycles. The van der Waals surface area contributed by atoms with Crippen molar-refractivity contribution in [3.8, 4) is 0 Å². The molecule has 0 saturated carbocycles. The molecule has 1 unspecified atom stereocenters. The summed E-state index contributed by atoms with van der Waals surface area (Å²) in [7, 11) is 0. The minimum atomic E-state index is -4.65. The van der Waals surface area contributed by atoms with E-state index >= 15 is 0 Å². The van der Waals surface area contributed by atoms with Gasteiger partial charge in [-0.1, -0.05) is 50.7 Å². The number of thioether (sulfide) groups is 1. The molecule has 6 heteroatoms. The van der Waals surface area contributed by atoms with Crippen molar-refractivity contribution in [1.29, 1.82) is 0 Å². The fraction of sp³-hybridized carbons (Fsp3) is 0.500. The second-order valence-corrected chi connectivity index (χ2v) is 6.92. The number of aliphatic hydroxyl groups excluding tert-OH is 1. The average Bonchev–Trinajstić information content (AvgIpc) is 2.41. The summed E-state index contributed by atoms with van der Waals surface area (Å²) in [6, 6.07) is 8.63. The second-order valence-electron chi connectivity index (χ2n) is 5.81. The van der Waals surface area contributed by atoms with E-state index < -0.39 is 23.5 Å². The van der Waals surface area contributed by atoms with E-state index in [-0.39, 0.29) is 11.5 Å². The lowest BCUT2D eigenvalue weighted by Gasteiger charge is -2.30. The standard InChI is InChI=1S/C16H21F3O2S/c1-5-21-14(16(17,18)19)12(13(20)15(2,3)4)22-11-9-7-6-8-10-11/h6-10,13,20H,5H2,1-4H3/b14-12+. The molecular weight excluding hydrogens is 313 g/mol. The van der Waals surface area contributed by atoms with Crippen LogP contribution in [0.15, 0.2) is 45.9 Å². The molecule has 2 nitrogen and oxygen atoms in total. The van der Waals surface area contributed by atoms with Gasteiger partial charge < -0.3 is 9.84 Å². The van der Waals surface area contributed by atoms with Crippen LogP contribution in [0.25, 0.3) is 0 Å². The zero-order valence-corrected chi connectivity index (χ0v) is 13.9. The Hall–Kier alpha value is -1.14. The number of rotatable bonds is 5. The lowest BCUT2D eigenvalue weighted by molar-refractivity contribution is -0.132. The Morgan fingerprint density at radius 2 is 1.73 bits per heavy atom. The van der Waals surface area contributed by atoms with Gasteiger partial charge in [-0.2, -0.15) is 13.2 Å². The summed E-state index contributed by atoms with van der Waals surface area (Å²) < 4.78 is 44.7. The van der Waals surface area contributed by atoms with Crippen LogP contribution >= 0.6 is 11.8 Å². The Labute approximate surface area is 133 Å². The van der Waals surface area contributed by atoms with Gasteiger partial charge in [-0.15, -0.1) is 0 Å². The zero-order chi connectivity index (χ0) is 17.0. The van der Waals surface area contributed by atoms with Crippen molar-refractivity contribution in [2.45, 2.75) is 44.9 Å². The lowest BCUT2D eigenvalue weighted by Crippen LogP contribution is -2.31. The van der Waals surface area contributed by atoms with Crippen LogP contribution in [-0.2, 0) is 4.74 Å². The van der Waals surface area contributed by atoms with Gasteiger partial charge in [-0.05, 0) is 24.5 Å². The van der Waals surface area contributed by atoms with Crippen LogP contribution < -0.4 is 0 Å². The first kappa shape index (κ1) is 18.9. The van der Waals surface area contributed by atoms with Gasteiger partial charge in [0, 0.05) is 4.90 Å². The number of aliphatic hydroxyl groups is 1. The molecule has 1 aromatic carbocycles. The number of ether oxygens (including phenoxy) is 1. The molecule has 0 saturated heterocycles. The molecule has 22 heavy (non-hydrogen) atoms. The van der Waals surface area contributed by atoms with Crippen molar-refractivity contribution in [2.75, 3.05) is 6.61 Å². The number of hydrogen-bond acceptors (Lipinski definition) is 3. The Balaban J connectivity index is 3.36. The quantitative estimate of drug-likeness (QED) is 0.607. The molecule has 0 aliphatic carbocycles. The fourth-order valence-corrected chi connectivity index (χ4v) is 2.95. The first-order valence-corrected chi connectivity index (χ1v) is 7.74. The largest absolute Gasteiger partial charge is 0.489 e. The van der Waals surface area contributed by atoms with Gasteiger partial charge >= 0.3 is 6.18 Å². The number of allylic oxidation sites excluding steroid dienone is 1. The first-order chi connectivity index (χ1) is 10.1. The zero-order valence-electron chi connectivity index (χ0n) is 13.1. The summed E-state index contributed by atoms with van der Waals surface area (Å²) in [5, 5.41) is 10.4. The molecule has 1 N–H and O–H groups in total. The molecule has 0 amide bonds. The third-order valence-corrected chi connectivity index (χ3v) is 3.95. The van der Waals surface area contributed by atoms with Crippen LogP contribution in [0.3, 0.4) is 0 Å². The Morgan fingerprint density at radius 1 is 1.18 bits per heavy atom. The normalized spacial score (nSPS) is 15.3. The van der Waals surface area contributed by atoms with Crippen LogP contribution in [0.5, 0.6) is 0 Å². The SMILES string of the molecule is CCO/C(=C(/Sc1ccccc1)C(O)C(C)(C)C)C(F)(F)F. The van der Waals surface area contributed by atoms with Crippen molar-refractivity contribution < 1.29 is 23.0 Å². The third-order valence-electron chi connectivity index (χ3n) is 2.81. The molecule has 0 radical (unpaired) electrons. The highest BCUT2D eigenvalue weighted by Crippen LogP contribution is 2.42. The minimum Gasteiger partial charge on any atom is -0.489 e. The van der Waals surface area contributed by atoms with E-state index in [1.165, 1.54) is 6.92 Å². The van der Waals surface area contributed by atoms with E-state index in [1.807, 2.05) is 0 Å². The van der Waals surface area contributed by atoms with Gasteiger partial charge in [-0.25, -0.2) is 0 Å². The molecule has 0 aliphatic heterocycles. The molecule has 0 aromatic heterocycles. The molecule has 1 aromatic rings. The molecule has 0 aliphatic rings. The molecule has 1 atom stereocenters. The summed E-state index contributed by atoms with van der Waals surface area (Å²) in [6.45, 7) is 6.42. The topological polar surface area (TPSA) is 29.5 Å². The predicted octanol–water partition coefficient (Wildman–Crippen LogP) is 5.00. The average molecular weight is 334 g/mol. The van der Waals surface area contributed by atoms with Gasteiger partial charge in [0.25, 0.3) is 0 Å². The van der Waals surface area contributed by atoms with E-state index in [0.29, 0.717) is 4.90 Å². The highest BCUT2D eigenvalue weighted by Gasteiger charge is 2.42. The van der Waals surface area contributed by atoms with Gasteiger partial charge in [-0.3, -0.25) is 0 Å². The Kier molecular flexibility index (Phi) is 6.38. The van der Waals surface area contributed by atoms with Crippen molar-refractivity contribution >= 4 is 11.8 Å². The smallest absolute Gasteiger partial charge is 0.449 e. The third kappa shape index (κ3) is 5.25. The van der Waals surface area contributed by atoms with Crippen molar-refractivity contribution in [3.05, 3.63) is 41.0 Å². The number of halogens is 3. The van der Waals surface area contributed by atoms with Crippen LogP contribution in [0.4, 0.5) is 13.2 Å². The molecule has 0 spiro atoms. The maximum Gasteiger partial charge on any atom is 0.449 e. The molecular formula is C16H21F3O2S. The van der Waals surface area contributed by atoms with Gasteiger partial charge in [0.05, 0.1) is 17.6 Å². The fourth-order valence-electron chi connectivity index (χ4n) is 1.67. The number of benzene rings is 1. The maximum absolute atomic E-state index is 13.3. The van der Waals surface area contributed by atoms with E-state index in [0.717, 1.165) is 11.8 Å². The van der Waals surface area contributed by atoms with Gasteiger partial charge in [0.1, 0.15) is 0 Å². The summed E-state index contributed by atoms with van der Waals surface area (Å²) in [6.07, 6.45) is -5.94.